The zero-order valence-corrected chi connectivity index (χ0v) is 10.1. The van der Waals surface area contributed by atoms with E-state index in [0.717, 1.165) is 18.7 Å². The first-order chi connectivity index (χ1) is 6.69. The van der Waals surface area contributed by atoms with Crippen molar-refractivity contribution in [3.05, 3.63) is 34.1 Å². The highest BCUT2D eigenvalue weighted by Crippen LogP contribution is 2.19. The lowest BCUT2D eigenvalue weighted by molar-refractivity contribution is 0.291. The standard InChI is InChI=1S/C11H15BrFN/c1-3-14(4-2)8-9-6-5-7-10(12)11(9)13/h5-7H,3-4,8H2,1-2H3. The van der Waals surface area contributed by atoms with Crippen LogP contribution in [-0.2, 0) is 6.54 Å². The van der Waals surface area contributed by atoms with Crippen molar-refractivity contribution in [3.63, 3.8) is 0 Å². The lowest BCUT2D eigenvalue weighted by Crippen LogP contribution is -2.22. The minimum atomic E-state index is -0.139. The zero-order chi connectivity index (χ0) is 10.6. The van der Waals surface area contributed by atoms with Gasteiger partial charge in [0.15, 0.2) is 0 Å². The lowest BCUT2D eigenvalue weighted by atomic mass is 10.2. The molecule has 0 unspecified atom stereocenters. The Labute approximate surface area is 93.0 Å². The maximum absolute atomic E-state index is 13.6. The van der Waals surface area contributed by atoms with Gasteiger partial charge in [0, 0.05) is 12.1 Å². The van der Waals surface area contributed by atoms with Crippen LogP contribution in [0.5, 0.6) is 0 Å². The number of benzene rings is 1. The number of hydrogen-bond donors (Lipinski definition) is 0. The Bertz CT molecular complexity index is 297. The quantitative estimate of drug-likeness (QED) is 0.801. The van der Waals surface area contributed by atoms with E-state index in [0.29, 0.717) is 11.0 Å². The van der Waals surface area contributed by atoms with E-state index in [1.54, 1.807) is 6.07 Å². The Hall–Kier alpha value is -0.410. The van der Waals surface area contributed by atoms with E-state index in [1.807, 2.05) is 12.1 Å². The van der Waals surface area contributed by atoms with Crippen LogP contribution in [0.25, 0.3) is 0 Å². The van der Waals surface area contributed by atoms with E-state index in [9.17, 15) is 4.39 Å². The van der Waals surface area contributed by atoms with Crippen molar-refractivity contribution in [2.24, 2.45) is 0 Å². The third-order valence-electron chi connectivity index (χ3n) is 2.32. The summed E-state index contributed by atoms with van der Waals surface area (Å²) in [6.45, 7) is 6.74. The summed E-state index contributed by atoms with van der Waals surface area (Å²) in [6.07, 6.45) is 0. The normalized spacial score (nSPS) is 10.9. The molecule has 1 aromatic rings. The molecule has 0 aliphatic heterocycles. The highest BCUT2D eigenvalue weighted by molar-refractivity contribution is 9.10. The Morgan fingerprint density at radius 2 is 1.93 bits per heavy atom. The smallest absolute Gasteiger partial charge is 0.141 e. The fourth-order valence-electron chi connectivity index (χ4n) is 1.36. The maximum Gasteiger partial charge on any atom is 0.141 e. The second kappa shape index (κ2) is 5.47. The van der Waals surface area contributed by atoms with Crippen LogP contribution in [0.15, 0.2) is 22.7 Å². The summed E-state index contributed by atoms with van der Waals surface area (Å²) < 4.78 is 14.1. The molecule has 1 rings (SSSR count). The molecule has 78 valence electrons. The number of rotatable bonds is 4. The largest absolute Gasteiger partial charge is 0.300 e. The Morgan fingerprint density at radius 1 is 1.29 bits per heavy atom. The molecule has 0 aromatic heterocycles. The van der Waals surface area contributed by atoms with Gasteiger partial charge < -0.3 is 0 Å². The summed E-state index contributed by atoms with van der Waals surface area (Å²) in [7, 11) is 0. The highest BCUT2D eigenvalue weighted by Gasteiger charge is 2.08. The maximum atomic E-state index is 13.6. The zero-order valence-electron chi connectivity index (χ0n) is 8.56. The van der Waals surface area contributed by atoms with Gasteiger partial charge in [0.1, 0.15) is 5.82 Å². The van der Waals surface area contributed by atoms with Gasteiger partial charge >= 0.3 is 0 Å². The first-order valence-electron chi connectivity index (χ1n) is 4.84. The first-order valence-corrected chi connectivity index (χ1v) is 5.63. The van der Waals surface area contributed by atoms with Crippen LogP contribution in [-0.4, -0.2) is 18.0 Å². The SMILES string of the molecule is CCN(CC)Cc1cccc(Br)c1F. The fraction of sp³-hybridized carbons (Fsp3) is 0.455. The molecule has 0 spiro atoms. The van der Waals surface area contributed by atoms with Gasteiger partial charge in [0.05, 0.1) is 4.47 Å². The summed E-state index contributed by atoms with van der Waals surface area (Å²) in [5.41, 5.74) is 0.753. The number of hydrogen-bond acceptors (Lipinski definition) is 1. The third kappa shape index (κ3) is 2.79. The summed E-state index contributed by atoms with van der Waals surface area (Å²) in [5, 5.41) is 0. The average molecular weight is 260 g/mol. The van der Waals surface area contributed by atoms with E-state index in [1.165, 1.54) is 0 Å². The van der Waals surface area contributed by atoms with Crippen molar-refractivity contribution in [1.29, 1.82) is 0 Å². The van der Waals surface area contributed by atoms with Crippen LogP contribution in [0.3, 0.4) is 0 Å². The molecule has 3 heteroatoms. The molecule has 0 aliphatic carbocycles. The van der Waals surface area contributed by atoms with E-state index >= 15 is 0 Å². The van der Waals surface area contributed by atoms with E-state index in [4.69, 9.17) is 0 Å². The van der Waals surface area contributed by atoms with E-state index < -0.39 is 0 Å². The Kier molecular flexibility index (Phi) is 4.55. The molecule has 14 heavy (non-hydrogen) atoms. The van der Waals surface area contributed by atoms with Crippen LogP contribution in [0.4, 0.5) is 4.39 Å². The Balaban J connectivity index is 2.80. The van der Waals surface area contributed by atoms with Gasteiger partial charge in [-0.15, -0.1) is 0 Å². The average Bonchev–Trinajstić information content (AvgIpc) is 2.20. The van der Waals surface area contributed by atoms with Crippen LogP contribution >= 0.6 is 15.9 Å². The van der Waals surface area contributed by atoms with E-state index in [-0.39, 0.29) is 5.82 Å². The second-order valence-electron chi connectivity index (χ2n) is 3.17. The lowest BCUT2D eigenvalue weighted by Gasteiger charge is -2.18. The molecule has 0 N–H and O–H groups in total. The molecule has 0 bridgehead atoms. The molecular formula is C11H15BrFN. The minimum absolute atomic E-state index is 0.139. The second-order valence-corrected chi connectivity index (χ2v) is 4.03. The van der Waals surface area contributed by atoms with Crippen molar-refractivity contribution in [3.8, 4) is 0 Å². The van der Waals surface area contributed by atoms with Crippen molar-refractivity contribution < 1.29 is 4.39 Å². The molecule has 0 radical (unpaired) electrons. The molecule has 0 atom stereocenters. The summed E-state index contributed by atoms with van der Waals surface area (Å²) >= 11 is 3.19. The highest BCUT2D eigenvalue weighted by atomic mass is 79.9. The van der Waals surface area contributed by atoms with Crippen molar-refractivity contribution in [2.45, 2.75) is 20.4 Å². The van der Waals surface area contributed by atoms with Crippen LogP contribution < -0.4 is 0 Å². The fourth-order valence-corrected chi connectivity index (χ4v) is 1.77. The van der Waals surface area contributed by atoms with Gasteiger partial charge in [0.25, 0.3) is 0 Å². The predicted molar refractivity (Wildman–Crippen MR) is 60.7 cm³/mol. The monoisotopic (exact) mass is 259 g/mol. The first kappa shape index (κ1) is 11.7. The molecule has 0 saturated heterocycles. The predicted octanol–water partition coefficient (Wildman–Crippen LogP) is 3.43. The number of halogens is 2. The molecular weight excluding hydrogens is 245 g/mol. The molecule has 0 heterocycles. The number of nitrogens with zero attached hydrogens (tertiary/aromatic N) is 1. The van der Waals surface area contributed by atoms with Crippen molar-refractivity contribution in [1.82, 2.24) is 4.90 Å². The van der Waals surface area contributed by atoms with Crippen LogP contribution in [0.1, 0.15) is 19.4 Å². The molecule has 0 aliphatic rings. The van der Waals surface area contributed by atoms with E-state index in [2.05, 4.69) is 34.7 Å². The van der Waals surface area contributed by atoms with Crippen molar-refractivity contribution >= 4 is 15.9 Å². The van der Waals surface area contributed by atoms with Gasteiger partial charge in [0.2, 0.25) is 0 Å². The molecule has 1 nitrogen and oxygen atoms in total. The van der Waals surface area contributed by atoms with Crippen LogP contribution in [0, 0.1) is 5.82 Å². The van der Waals surface area contributed by atoms with Gasteiger partial charge in [-0.1, -0.05) is 26.0 Å². The van der Waals surface area contributed by atoms with Crippen molar-refractivity contribution in [2.75, 3.05) is 13.1 Å². The Morgan fingerprint density at radius 3 is 2.50 bits per heavy atom. The summed E-state index contributed by atoms with van der Waals surface area (Å²) in [4.78, 5) is 2.19. The molecule has 1 aromatic carbocycles. The summed E-state index contributed by atoms with van der Waals surface area (Å²) in [6, 6.07) is 5.42. The minimum Gasteiger partial charge on any atom is -0.300 e. The van der Waals surface area contributed by atoms with Gasteiger partial charge in [-0.05, 0) is 35.1 Å². The topological polar surface area (TPSA) is 3.24 Å². The molecule has 0 amide bonds. The molecule has 0 saturated carbocycles. The third-order valence-corrected chi connectivity index (χ3v) is 2.93. The molecule has 0 fully saturated rings. The van der Waals surface area contributed by atoms with Gasteiger partial charge in [-0.2, -0.15) is 0 Å². The van der Waals surface area contributed by atoms with Gasteiger partial charge in [-0.25, -0.2) is 4.39 Å². The van der Waals surface area contributed by atoms with Gasteiger partial charge in [-0.3, -0.25) is 4.90 Å². The summed E-state index contributed by atoms with van der Waals surface area (Å²) in [5.74, 6) is -0.139. The van der Waals surface area contributed by atoms with Crippen LogP contribution in [0.2, 0.25) is 0 Å².